The Kier molecular flexibility index (Phi) is 2.34. The number of anilines is 1. The smallest absolute Gasteiger partial charge is 0.221 e. The van der Waals surface area contributed by atoms with Crippen molar-refractivity contribution in [2.45, 2.75) is 24.2 Å². The van der Waals surface area contributed by atoms with Gasteiger partial charge >= 0.3 is 0 Å². The standard InChI is InChI=1S/C8H10ClN3S/c1-4-2-3-13-6-5(4)11-8(10)12-7(6)9/h4H,2-3H2,1H3,(H2,10,11,12). The lowest BCUT2D eigenvalue weighted by Gasteiger charge is -2.20. The number of aromatic nitrogens is 2. The molecule has 0 aromatic carbocycles. The molecule has 2 heterocycles. The summed E-state index contributed by atoms with van der Waals surface area (Å²) in [5.74, 6) is 1.80. The number of rotatable bonds is 0. The molecule has 70 valence electrons. The van der Waals surface area contributed by atoms with Gasteiger partial charge in [0, 0.05) is 5.92 Å². The van der Waals surface area contributed by atoms with Crippen LogP contribution in [-0.2, 0) is 0 Å². The van der Waals surface area contributed by atoms with Crippen LogP contribution in [0.25, 0.3) is 0 Å². The summed E-state index contributed by atoms with van der Waals surface area (Å²) in [5.41, 5.74) is 6.54. The summed E-state index contributed by atoms with van der Waals surface area (Å²) in [6, 6.07) is 0. The minimum atomic E-state index is 0.276. The topological polar surface area (TPSA) is 51.8 Å². The Morgan fingerprint density at radius 3 is 3.08 bits per heavy atom. The molecule has 0 bridgehead atoms. The Morgan fingerprint density at radius 1 is 1.54 bits per heavy atom. The fourth-order valence-corrected chi connectivity index (χ4v) is 2.98. The minimum Gasteiger partial charge on any atom is -0.368 e. The van der Waals surface area contributed by atoms with E-state index in [-0.39, 0.29) is 5.95 Å². The number of hydrogen-bond donors (Lipinski definition) is 1. The summed E-state index contributed by atoms with van der Waals surface area (Å²) in [6.07, 6.45) is 1.13. The Hall–Kier alpha value is -0.480. The van der Waals surface area contributed by atoms with Crippen LogP contribution in [0, 0.1) is 0 Å². The van der Waals surface area contributed by atoms with Crippen LogP contribution in [0.3, 0.4) is 0 Å². The van der Waals surface area contributed by atoms with E-state index in [9.17, 15) is 0 Å². The third-order valence-electron chi connectivity index (χ3n) is 2.13. The van der Waals surface area contributed by atoms with Crippen molar-refractivity contribution in [3.8, 4) is 0 Å². The zero-order valence-electron chi connectivity index (χ0n) is 7.25. The van der Waals surface area contributed by atoms with E-state index in [1.54, 1.807) is 11.8 Å². The highest BCUT2D eigenvalue weighted by molar-refractivity contribution is 7.99. The van der Waals surface area contributed by atoms with Gasteiger partial charge < -0.3 is 5.73 Å². The Bertz CT molecular complexity index is 342. The summed E-state index contributed by atoms with van der Waals surface area (Å²) in [7, 11) is 0. The highest BCUT2D eigenvalue weighted by Crippen LogP contribution is 2.39. The number of hydrogen-bond acceptors (Lipinski definition) is 4. The average molecular weight is 216 g/mol. The van der Waals surface area contributed by atoms with Crippen LogP contribution >= 0.6 is 23.4 Å². The molecule has 1 aliphatic rings. The van der Waals surface area contributed by atoms with Crippen molar-refractivity contribution in [2.24, 2.45) is 0 Å². The van der Waals surface area contributed by atoms with Crippen molar-refractivity contribution in [1.29, 1.82) is 0 Å². The van der Waals surface area contributed by atoms with Crippen LogP contribution in [0.1, 0.15) is 25.0 Å². The predicted octanol–water partition coefficient (Wildman–Crippen LogP) is 2.31. The molecule has 0 radical (unpaired) electrons. The molecule has 0 spiro atoms. The van der Waals surface area contributed by atoms with Gasteiger partial charge in [0.05, 0.1) is 10.6 Å². The van der Waals surface area contributed by atoms with Gasteiger partial charge in [-0.3, -0.25) is 0 Å². The number of fused-ring (bicyclic) bond motifs is 1. The second-order valence-electron chi connectivity index (χ2n) is 3.13. The van der Waals surface area contributed by atoms with Crippen molar-refractivity contribution in [1.82, 2.24) is 9.97 Å². The molecule has 0 saturated carbocycles. The zero-order valence-corrected chi connectivity index (χ0v) is 8.82. The number of thioether (sulfide) groups is 1. The molecule has 3 nitrogen and oxygen atoms in total. The molecule has 0 saturated heterocycles. The van der Waals surface area contributed by atoms with Gasteiger partial charge in [0.25, 0.3) is 0 Å². The van der Waals surface area contributed by atoms with Crippen molar-refractivity contribution < 1.29 is 0 Å². The third kappa shape index (κ3) is 1.60. The molecule has 13 heavy (non-hydrogen) atoms. The summed E-state index contributed by atoms with van der Waals surface area (Å²) in [6.45, 7) is 2.14. The van der Waals surface area contributed by atoms with Gasteiger partial charge in [0.1, 0.15) is 5.15 Å². The fraction of sp³-hybridized carbons (Fsp3) is 0.500. The van der Waals surface area contributed by atoms with Crippen LogP contribution in [0.5, 0.6) is 0 Å². The maximum absolute atomic E-state index is 5.96. The highest BCUT2D eigenvalue weighted by atomic mass is 35.5. The number of nitrogen functional groups attached to an aromatic ring is 1. The van der Waals surface area contributed by atoms with Gasteiger partial charge in [-0.25, -0.2) is 9.97 Å². The molecule has 1 aliphatic heterocycles. The maximum atomic E-state index is 5.96. The quantitative estimate of drug-likeness (QED) is 0.675. The SMILES string of the molecule is CC1CCSc2c(Cl)nc(N)nc21. The first-order chi connectivity index (χ1) is 6.18. The van der Waals surface area contributed by atoms with E-state index >= 15 is 0 Å². The normalized spacial score (nSPS) is 21.2. The molecule has 2 rings (SSSR count). The van der Waals surface area contributed by atoms with E-state index in [2.05, 4.69) is 16.9 Å². The molecule has 0 aliphatic carbocycles. The number of nitrogens with zero attached hydrogens (tertiary/aromatic N) is 2. The second kappa shape index (κ2) is 3.35. The van der Waals surface area contributed by atoms with Gasteiger partial charge in [-0.1, -0.05) is 18.5 Å². The predicted molar refractivity (Wildman–Crippen MR) is 55.2 cm³/mol. The number of halogens is 1. The summed E-state index contributed by atoms with van der Waals surface area (Å²) in [5, 5.41) is 0.499. The van der Waals surface area contributed by atoms with E-state index in [0.29, 0.717) is 11.1 Å². The summed E-state index contributed by atoms with van der Waals surface area (Å²) >= 11 is 7.68. The van der Waals surface area contributed by atoms with Crippen LogP contribution in [-0.4, -0.2) is 15.7 Å². The van der Waals surface area contributed by atoms with Crippen LogP contribution < -0.4 is 5.73 Å². The van der Waals surface area contributed by atoms with E-state index in [4.69, 9.17) is 17.3 Å². The maximum Gasteiger partial charge on any atom is 0.221 e. The Morgan fingerprint density at radius 2 is 2.31 bits per heavy atom. The Balaban J connectivity index is 2.56. The molecule has 1 aromatic rings. The fourth-order valence-electron chi connectivity index (χ4n) is 1.40. The monoisotopic (exact) mass is 215 g/mol. The van der Waals surface area contributed by atoms with Crippen LogP contribution in [0.4, 0.5) is 5.95 Å². The van der Waals surface area contributed by atoms with Crippen molar-refractivity contribution in [3.05, 3.63) is 10.8 Å². The molecule has 2 N–H and O–H groups in total. The van der Waals surface area contributed by atoms with Gasteiger partial charge in [0.2, 0.25) is 5.95 Å². The summed E-state index contributed by atoms with van der Waals surface area (Å²) < 4.78 is 0. The first-order valence-electron chi connectivity index (χ1n) is 4.14. The largest absolute Gasteiger partial charge is 0.368 e. The molecule has 5 heteroatoms. The summed E-state index contributed by atoms with van der Waals surface area (Å²) in [4.78, 5) is 9.16. The lowest BCUT2D eigenvalue weighted by molar-refractivity contribution is 0.680. The molecular formula is C8H10ClN3S. The molecule has 1 atom stereocenters. The number of nitrogens with two attached hydrogens (primary N) is 1. The van der Waals surface area contributed by atoms with Crippen molar-refractivity contribution in [3.63, 3.8) is 0 Å². The van der Waals surface area contributed by atoms with E-state index < -0.39 is 0 Å². The van der Waals surface area contributed by atoms with E-state index in [1.165, 1.54) is 0 Å². The van der Waals surface area contributed by atoms with E-state index in [1.807, 2.05) is 0 Å². The lowest BCUT2D eigenvalue weighted by Crippen LogP contribution is -2.10. The first-order valence-corrected chi connectivity index (χ1v) is 5.50. The van der Waals surface area contributed by atoms with Crippen LogP contribution in [0.2, 0.25) is 5.15 Å². The van der Waals surface area contributed by atoms with E-state index in [0.717, 1.165) is 22.8 Å². The van der Waals surface area contributed by atoms with Crippen LogP contribution in [0.15, 0.2) is 4.90 Å². The van der Waals surface area contributed by atoms with Crippen molar-refractivity contribution in [2.75, 3.05) is 11.5 Å². The first kappa shape index (κ1) is 9.09. The van der Waals surface area contributed by atoms with Gasteiger partial charge in [-0.05, 0) is 12.2 Å². The lowest BCUT2D eigenvalue weighted by atomic mass is 10.0. The van der Waals surface area contributed by atoms with Crippen molar-refractivity contribution >= 4 is 29.3 Å². The minimum absolute atomic E-state index is 0.276. The average Bonchev–Trinajstić information content (AvgIpc) is 2.07. The van der Waals surface area contributed by atoms with Gasteiger partial charge in [-0.15, -0.1) is 11.8 Å². The second-order valence-corrected chi connectivity index (χ2v) is 4.59. The molecule has 0 fully saturated rings. The zero-order chi connectivity index (χ0) is 9.42. The molecule has 1 unspecified atom stereocenters. The molecule has 0 amide bonds. The Labute approximate surface area is 86.1 Å². The molecular weight excluding hydrogens is 206 g/mol. The highest BCUT2D eigenvalue weighted by Gasteiger charge is 2.22. The van der Waals surface area contributed by atoms with Gasteiger partial charge in [0.15, 0.2) is 0 Å². The third-order valence-corrected chi connectivity index (χ3v) is 3.65. The molecule has 1 aromatic heterocycles. The van der Waals surface area contributed by atoms with Gasteiger partial charge in [-0.2, -0.15) is 0 Å².